The molecule has 2 aromatic heterocycles. The van der Waals surface area contributed by atoms with Crippen LogP contribution >= 0.6 is 0 Å². The van der Waals surface area contributed by atoms with Gasteiger partial charge in [0.25, 0.3) is 11.1 Å². The number of hydrogen-bond acceptors (Lipinski definition) is 8. The Morgan fingerprint density at radius 1 is 0.650 bits per heavy atom. The molecule has 0 spiro atoms. The van der Waals surface area contributed by atoms with Crippen LogP contribution < -0.4 is 21.8 Å². The number of pyridine rings is 2. The third kappa shape index (κ3) is 8.16. The Morgan fingerprint density at radius 3 is 1.35 bits per heavy atom. The Labute approximate surface area is 351 Å². The summed E-state index contributed by atoms with van der Waals surface area (Å²) in [6.07, 6.45) is 13.9. The van der Waals surface area contributed by atoms with Gasteiger partial charge in [0.1, 0.15) is 12.1 Å². The summed E-state index contributed by atoms with van der Waals surface area (Å²) in [5, 5.41) is 26.3. The number of fused-ring (bicyclic) bond motifs is 6. The molecule has 324 valence electrons. The van der Waals surface area contributed by atoms with Gasteiger partial charge in [0.05, 0.1) is 12.1 Å². The second-order valence-electron chi connectivity index (χ2n) is 17.5. The average molecular weight is 827 g/mol. The topological polar surface area (TPSA) is 183 Å². The van der Waals surface area contributed by atoms with E-state index in [-0.39, 0.29) is 83.7 Å². The Hall–Kier alpha value is -4.82. The van der Waals surface area contributed by atoms with E-state index in [1.54, 1.807) is 43.2 Å². The number of hydrogen-bond donors (Lipinski definition) is 4. The van der Waals surface area contributed by atoms with Gasteiger partial charge in [0.2, 0.25) is 23.6 Å². The fourth-order valence-corrected chi connectivity index (χ4v) is 10.2. The minimum Gasteiger partial charge on any atom is -0.396 e. The molecule has 4 fully saturated rings. The van der Waals surface area contributed by atoms with Crippen LogP contribution in [0, 0.1) is 35.5 Å². The molecule has 4 N–H and O–H groups in total. The number of allylic oxidation sites excluding steroid dienone is 2. The zero-order valence-electron chi connectivity index (χ0n) is 35.4. The lowest BCUT2D eigenvalue weighted by Gasteiger charge is -2.31. The van der Waals surface area contributed by atoms with Crippen molar-refractivity contribution < 1.29 is 29.4 Å². The molecule has 0 unspecified atom stereocenters. The standard InChI is InChI=1S/2C23H31N3O4/c2*1-3-5-15-8-9-18-20-16(12-25(18)23(15)30)17(13-27)21(22(29)24-10-4-2)26(20)19(28)11-14-6-7-14/h2*3,5,8-9,14,16-17,20-21,27H,4,6-7,10-13H2,1-2H3,(H,24,29)/b5-3+;5-3-/t2*16-,17-,20+,21-/m00/s1. The van der Waals surface area contributed by atoms with Crippen molar-refractivity contribution in [2.45, 2.75) is 116 Å². The van der Waals surface area contributed by atoms with Gasteiger partial charge in [-0.1, -0.05) is 38.2 Å². The Bertz CT molecular complexity index is 1980. The van der Waals surface area contributed by atoms with Gasteiger partial charge >= 0.3 is 0 Å². The third-order valence-electron chi connectivity index (χ3n) is 13.4. The van der Waals surface area contributed by atoms with E-state index in [9.17, 15) is 39.0 Å². The summed E-state index contributed by atoms with van der Waals surface area (Å²) in [6, 6.07) is 5.30. The van der Waals surface area contributed by atoms with Crippen molar-refractivity contribution in [1.82, 2.24) is 29.6 Å². The molecule has 2 aliphatic carbocycles. The maximum absolute atomic E-state index is 13.3. The minimum atomic E-state index is -0.693. The van der Waals surface area contributed by atoms with Gasteiger partial charge in [0, 0.05) is 98.4 Å². The molecule has 2 saturated heterocycles. The van der Waals surface area contributed by atoms with Gasteiger partial charge in [0.15, 0.2) is 0 Å². The summed E-state index contributed by atoms with van der Waals surface area (Å²) < 4.78 is 3.45. The summed E-state index contributed by atoms with van der Waals surface area (Å²) in [7, 11) is 0. The van der Waals surface area contributed by atoms with E-state index in [0.29, 0.717) is 62.0 Å². The van der Waals surface area contributed by atoms with Crippen LogP contribution in [0.1, 0.15) is 114 Å². The molecule has 0 radical (unpaired) electrons. The molecule has 2 saturated carbocycles. The van der Waals surface area contributed by atoms with E-state index in [1.165, 1.54) is 0 Å². The number of nitrogens with zero attached hydrogens (tertiary/aromatic N) is 4. The Morgan fingerprint density at radius 2 is 1.03 bits per heavy atom. The average Bonchev–Trinajstić information content (AvgIpc) is 4.10. The van der Waals surface area contributed by atoms with E-state index in [0.717, 1.165) is 49.9 Å². The molecule has 0 aromatic carbocycles. The zero-order valence-corrected chi connectivity index (χ0v) is 35.4. The Kier molecular flexibility index (Phi) is 13.3. The van der Waals surface area contributed by atoms with Crippen LogP contribution in [0.5, 0.6) is 0 Å². The lowest BCUT2D eigenvalue weighted by atomic mass is 9.88. The third-order valence-corrected chi connectivity index (χ3v) is 13.4. The number of nitrogens with one attached hydrogen (secondary N) is 2. The largest absolute Gasteiger partial charge is 0.396 e. The van der Waals surface area contributed by atoms with Gasteiger partial charge in [-0.05, 0) is 88.5 Å². The number of rotatable bonds is 14. The van der Waals surface area contributed by atoms with Gasteiger partial charge in [-0.2, -0.15) is 0 Å². The highest BCUT2D eigenvalue weighted by atomic mass is 16.3. The summed E-state index contributed by atoms with van der Waals surface area (Å²) in [5.74, 6) is -0.778. The van der Waals surface area contributed by atoms with Crippen molar-refractivity contribution in [2.24, 2.45) is 35.5 Å². The van der Waals surface area contributed by atoms with Crippen molar-refractivity contribution in [3.05, 3.63) is 79.6 Å². The number of aliphatic hydroxyl groups excluding tert-OH is 2. The second kappa shape index (κ2) is 18.4. The lowest BCUT2D eigenvalue weighted by molar-refractivity contribution is -0.142. The molecule has 4 aliphatic heterocycles. The normalized spacial score (nSPS) is 27.4. The smallest absolute Gasteiger partial charge is 0.258 e. The molecular weight excluding hydrogens is 765 g/mol. The van der Waals surface area contributed by atoms with Crippen LogP contribution in [0.25, 0.3) is 12.2 Å². The monoisotopic (exact) mass is 826 g/mol. The molecule has 6 aliphatic rings. The van der Waals surface area contributed by atoms with Gasteiger partial charge in [-0.25, -0.2) is 0 Å². The number of carbonyl (C=O) groups excluding carboxylic acids is 4. The van der Waals surface area contributed by atoms with Crippen molar-refractivity contribution >= 4 is 35.8 Å². The first kappa shape index (κ1) is 43.3. The molecular formula is C46H62N6O8. The summed E-state index contributed by atoms with van der Waals surface area (Å²) in [5.41, 5.74) is 2.58. The molecule has 0 bridgehead atoms. The van der Waals surface area contributed by atoms with Crippen LogP contribution in [0.4, 0.5) is 0 Å². The first-order valence-electron chi connectivity index (χ1n) is 22.1. The predicted octanol–water partition coefficient (Wildman–Crippen LogP) is 3.40. The maximum Gasteiger partial charge on any atom is 0.258 e. The minimum absolute atomic E-state index is 0.0430. The van der Waals surface area contributed by atoms with Crippen LogP contribution in [0.2, 0.25) is 0 Å². The van der Waals surface area contributed by atoms with Crippen molar-refractivity contribution in [3.8, 4) is 0 Å². The maximum atomic E-state index is 13.3. The van der Waals surface area contributed by atoms with Crippen LogP contribution in [0.15, 0.2) is 46.0 Å². The summed E-state index contributed by atoms with van der Waals surface area (Å²) >= 11 is 0. The SMILES string of the molecule is C/C=C/c1ccc2n(c1=O)C[C@H]1[C@H](CO)[C@@H](C(=O)NCCC)N(C(=O)CC3CC3)[C@@H]21.C/C=C\c1ccc2n(c1=O)C[C@H]1[C@H](CO)[C@@H](C(=O)NCCC)N(C(=O)CC3CC3)[C@@H]21. The lowest BCUT2D eigenvalue weighted by Crippen LogP contribution is -2.50. The fourth-order valence-electron chi connectivity index (χ4n) is 10.2. The number of aliphatic hydroxyl groups is 2. The van der Waals surface area contributed by atoms with E-state index in [2.05, 4.69) is 10.6 Å². The van der Waals surface area contributed by atoms with E-state index in [4.69, 9.17) is 0 Å². The van der Waals surface area contributed by atoms with E-state index >= 15 is 0 Å². The Balaban J connectivity index is 0.000000181. The molecule has 6 heterocycles. The van der Waals surface area contributed by atoms with Crippen molar-refractivity contribution in [2.75, 3.05) is 26.3 Å². The molecule has 4 amide bonds. The van der Waals surface area contributed by atoms with E-state index in [1.807, 2.05) is 52.0 Å². The van der Waals surface area contributed by atoms with Gasteiger partial charge in [-0.15, -0.1) is 0 Å². The number of likely N-dealkylation sites (tertiary alicyclic amines) is 2. The molecule has 14 nitrogen and oxygen atoms in total. The van der Waals surface area contributed by atoms with E-state index < -0.39 is 12.1 Å². The van der Waals surface area contributed by atoms with Gasteiger partial charge in [-0.3, -0.25) is 28.8 Å². The van der Waals surface area contributed by atoms with Crippen LogP contribution in [-0.4, -0.2) is 91.2 Å². The molecule has 8 atom stereocenters. The first-order valence-corrected chi connectivity index (χ1v) is 22.1. The predicted molar refractivity (Wildman–Crippen MR) is 227 cm³/mol. The second-order valence-corrected chi connectivity index (χ2v) is 17.5. The molecule has 2 aromatic rings. The number of aromatic nitrogens is 2. The molecule has 60 heavy (non-hydrogen) atoms. The molecule has 14 heteroatoms. The highest BCUT2D eigenvalue weighted by molar-refractivity contribution is 5.90. The van der Waals surface area contributed by atoms with Crippen LogP contribution in [0.3, 0.4) is 0 Å². The molecule has 8 rings (SSSR count). The zero-order chi connectivity index (χ0) is 42.8. The summed E-state index contributed by atoms with van der Waals surface area (Å²) in [4.78, 5) is 82.1. The highest BCUT2D eigenvalue weighted by Gasteiger charge is 2.59. The first-order chi connectivity index (χ1) is 29.0. The number of amides is 4. The quantitative estimate of drug-likeness (QED) is 0.224. The van der Waals surface area contributed by atoms with Gasteiger partial charge < -0.3 is 39.8 Å². The van der Waals surface area contributed by atoms with Crippen LogP contribution in [-0.2, 0) is 32.3 Å². The number of carbonyl (C=O) groups is 4. The van der Waals surface area contributed by atoms with Crippen molar-refractivity contribution in [3.63, 3.8) is 0 Å². The van der Waals surface area contributed by atoms with Crippen molar-refractivity contribution in [1.29, 1.82) is 0 Å². The highest BCUT2D eigenvalue weighted by Crippen LogP contribution is 2.51. The summed E-state index contributed by atoms with van der Waals surface area (Å²) in [6.45, 7) is 9.22. The fraction of sp³-hybridized carbons (Fsp3) is 0.609.